The van der Waals surface area contributed by atoms with Gasteiger partial charge in [0.05, 0.1) is 6.10 Å². The molecule has 0 aliphatic rings. The number of nitrogens with one attached hydrogen (secondary N) is 1. The molecule has 0 aromatic heterocycles. The van der Waals surface area contributed by atoms with Gasteiger partial charge in [0.2, 0.25) is 5.91 Å². The molecule has 0 saturated heterocycles. The quantitative estimate of drug-likeness (QED) is 0.451. The molecule has 1 amide bonds. The highest BCUT2D eigenvalue weighted by molar-refractivity contribution is 5.86. The average Bonchev–Trinajstić information content (AvgIpc) is 2.81. The smallest absolute Gasteiger partial charge is 0.221 e. The minimum Gasteiger partial charge on any atom is -0.387 e. The van der Waals surface area contributed by atoms with Crippen molar-refractivity contribution in [3.8, 4) is 0 Å². The largest absolute Gasteiger partial charge is 0.387 e. The van der Waals surface area contributed by atoms with Crippen LogP contribution in [0.3, 0.4) is 0 Å². The van der Waals surface area contributed by atoms with Gasteiger partial charge in [0.25, 0.3) is 0 Å². The van der Waals surface area contributed by atoms with Gasteiger partial charge in [0.15, 0.2) is 0 Å². The first-order valence-electron chi connectivity index (χ1n) is 10.2. The minimum atomic E-state index is -0.757. The maximum atomic E-state index is 12.8. The fourth-order valence-corrected chi connectivity index (χ4v) is 3.92. The summed E-state index contributed by atoms with van der Waals surface area (Å²) in [6.45, 7) is 0.184. The lowest BCUT2D eigenvalue weighted by atomic mass is 9.88. The summed E-state index contributed by atoms with van der Waals surface area (Å²) in [4.78, 5) is 12.8. The molecule has 4 aromatic carbocycles. The van der Waals surface area contributed by atoms with Crippen molar-refractivity contribution in [2.75, 3.05) is 6.54 Å². The van der Waals surface area contributed by atoms with Crippen molar-refractivity contribution < 1.29 is 9.90 Å². The van der Waals surface area contributed by atoms with Gasteiger partial charge in [0.1, 0.15) is 0 Å². The van der Waals surface area contributed by atoms with Crippen LogP contribution >= 0.6 is 0 Å². The number of aliphatic hydroxyl groups is 1. The molecule has 4 aromatic rings. The summed E-state index contributed by atoms with van der Waals surface area (Å²) in [5.74, 6) is -0.103. The van der Waals surface area contributed by atoms with Crippen LogP contribution in [0.4, 0.5) is 0 Å². The van der Waals surface area contributed by atoms with E-state index in [9.17, 15) is 9.90 Å². The maximum Gasteiger partial charge on any atom is 0.221 e. The third kappa shape index (κ3) is 4.58. The zero-order valence-electron chi connectivity index (χ0n) is 16.7. The van der Waals surface area contributed by atoms with Crippen LogP contribution in [0.2, 0.25) is 0 Å². The lowest BCUT2D eigenvalue weighted by Crippen LogP contribution is -2.29. The number of carbonyl (C=O) groups is 1. The van der Waals surface area contributed by atoms with Gasteiger partial charge in [0, 0.05) is 18.9 Å². The fourth-order valence-electron chi connectivity index (χ4n) is 3.92. The van der Waals surface area contributed by atoms with E-state index in [0.29, 0.717) is 6.42 Å². The number of fused-ring (bicyclic) bond motifs is 1. The van der Waals surface area contributed by atoms with Crippen LogP contribution in [-0.2, 0) is 4.79 Å². The highest BCUT2D eigenvalue weighted by Gasteiger charge is 2.19. The summed E-state index contributed by atoms with van der Waals surface area (Å²) in [5.41, 5.74) is 3.04. The van der Waals surface area contributed by atoms with Crippen LogP contribution in [0.1, 0.15) is 35.1 Å². The second-order valence-corrected chi connectivity index (χ2v) is 7.47. The molecule has 3 nitrogen and oxygen atoms in total. The fraction of sp³-hybridized carbons (Fsp3) is 0.148. The van der Waals surface area contributed by atoms with Crippen LogP contribution in [0.5, 0.6) is 0 Å². The molecule has 0 heterocycles. The van der Waals surface area contributed by atoms with Crippen LogP contribution < -0.4 is 5.32 Å². The Morgan fingerprint density at radius 3 is 1.97 bits per heavy atom. The summed E-state index contributed by atoms with van der Waals surface area (Å²) in [7, 11) is 0. The van der Waals surface area contributed by atoms with Gasteiger partial charge in [-0.2, -0.15) is 0 Å². The predicted octanol–water partition coefficient (Wildman–Crippen LogP) is 5.21. The number of benzene rings is 4. The Bertz CT molecular complexity index is 1060. The Morgan fingerprint density at radius 1 is 0.733 bits per heavy atom. The number of aliphatic hydroxyl groups excluding tert-OH is 1. The van der Waals surface area contributed by atoms with E-state index in [1.165, 1.54) is 0 Å². The molecule has 1 atom stereocenters. The molecular weight excluding hydrogens is 370 g/mol. The Labute approximate surface area is 177 Å². The van der Waals surface area contributed by atoms with Crippen molar-refractivity contribution in [1.82, 2.24) is 5.32 Å². The molecule has 4 rings (SSSR count). The van der Waals surface area contributed by atoms with E-state index >= 15 is 0 Å². The first-order valence-corrected chi connectivity index (χ1v) is 10.2. The van der Waals surface area contributed by atoms with E-state index in [-0.39, 0.29) is 18.4 Å². The van der Waals surface area contributed by atoms with E-state index in [1.54, 1.807) is 0 Å². The normalized spacial score (nSPS) is 12.1. The van der Waals surface area contributed by atoms with Crippen LogP contribution in [0.25, 0.3) is 10.8 Å². The second kappa shape index (κ2) is 9.38. The van der Waals surface area contributed by atoms with Gasteiger partial charge in [-0.05, 0) is 27.5 Å². The maximum absolute atomic E-state index is 12.8. The third-order valence-electron chi connectivity index (χ3n) is 5.47. The van der Waals surface area contributed by atoms with Gasteiger partial charge >= 0.3 is 0 Å². The van der Waals surface area contributed by atoms with Gasteiger partial charge in [-0.25, -0.2) is 0 Å². The summed E-state index contributed by atoms with van der Waals surface area (Å²) < 4.78 is 0. The highest BCUT2D eigenvalue weighted by atomic mass is 16.3. The molecule has 0 radical (unpaired) electrons. The summed E-state index contributed by atoms with van der Waals surface area (Å²) >= 11 is 0. The molecule has 0 aliphatic carbocycles. The number of amides is 1. The SMILES string of the molecule is O=C(CC(c1ccccc1)c1ccccc1)NCC(O)c1cccc2ccccc12. The number of rotatable bonds is 7. The van der Waals surface area contributed by atoms with Gasteiger partial charge in [-0.15, -0.1) is 0 Å². The molecule has 3 heteroatoms. The molecule has 1 unspecified atom stereocenters. The van der Waals surface area contributed by atoms with Crippen molar-refractivity contribution >= 4 is 16.7 Å². The van der Waals surface area contributed by atoms with Gasteiger partial charge in [-0.1, -0.05) is 103 Å². The van der Waals surface area contributed by atoms with E-state index in [0.717, 1.165) is 27.5 Å². The Morgan fingerprint density at radius 2 is 1.30 bits per heavy atom. The molecule has 0 fully saturated rings. The molecular formula is C27H25NO2. The lowest BCUT2D eigenvalue weighted by Gasteiger charge is -2.19. The summed E-state index contributed by atoms with van der Waals surface area (Å²) in [6, 6.07) is 34.0. The summed E-state index contributed by atoms with van der Waals surface area (Å²) in [6.07, 6.45) is -0.428. The first-order chi connectivity index (χ1) is 14.7. The van der Waals surface area contributed by atoms with Gasteiger partial charge < -0.3 is 10.4 Å². The van der Waals surface area contributed by atoms with Crippen molar-refractivity contribution in [1.29, 1.82) is 0 Å². The van der Waals surface area contributed by atoms with E-state index < -0.39 is 6.10 Å². The molecule has 0 spiro atoms. The van der Waals surface area contributed by atoms with Crippen LogP contribution in [0.15, 0.2) is 103 Å². The average molecular weight is 396 g/mol. The molecule has 150 valence electrons. The van der Waals surface area contributed by atoms with Crippen LogP contribution in [-0.4, -0.2) is 17.6 Å². The molecule has 0 saturated carbocycles. The molecule has 0 bridgehead atoms. The highest BCUT2D eigenvalue weighted by Crippen LogP contribution is 2.28. The Kier molecular flexibility index (Phi) is 6.21. The third-order valence-corrected chi connectivity index (χ3v) is 5.47. The van der Waals surface area contributed by atoms with Gasteiger partial charge in [-0.3, -0.25) is 4.79 Å². The van der Waals surface area contributed by atoms with E-state index in [4.69, 9.17) is 0 Å². The van der Waals surface area contributed by atoms with E-state index in [1.807, 2.05) is 78.9 Å². The number of hydrogen-bond acceptors (Lipinski definition) is 2. The molecule has 30 heavy (non-hydrogen) atoms. The second-order valence-electron chi connectivity index (χ2n) is 7.47. The molecule has 2 N–H and O–H groups in total. The minimum absolute atomic E-state index is 0.0258. The van der Waals surface area contributed by atoms with Crippen molar-refractivity contribution in [3.63, 3.8) is 0 Å². The predicted molar refractivity (Wildman–Crippen MR) is 121 cm³/mol. The standard InChI is InChI=1S/C27H25NO2/c29-26(24-17-9-15-20-14-7-8-16-23(20)24)19-28-27(30)18-25(21-10-3-1-4-11-21)22-12-5-2-6-13-22/h1-17,25-26,29H,18-19H2,(H,28,30). The monoisotopic (exact) mass is 395 g/mol. The Balaban J connectivity index is 1.46. The lowest BCUT2D eigenvalue weighted by molar-refractivity contribution is -0.121. The zero-order valence-corrected chi connectivity index (χ0v) is 16.7. The topological polar surface area (TPSA) is 49.3 Å². The number of carbonyl (C=O) groups excluding carboxylic acids is 1. The molecule has 0 aliphatic heterocycles. The van der Waals surface area contributed by atoms with Crippen LogP contribution in [0, 0.1) is 0 Å². The first kappa shape index (κ1) is 19.9. The van der Waals surface area contributed by atoms with E-state index in [2.05, 4.69) is 29.6 Å². The van der Waals surface area contributed by atoms with Crippen molar-refractivity contribution in [3.05, 3.63) is 120 Å². The summed E-state index contributed by atoms with van der Waals surface area (Å²) in [5, 5.41) is 15.7. The van der Waals surface area contributed by atoms with Crippen molar-refractivity contribution in [2.24, 2.45) is 0 Å². The van der Waals surface area contributed by atoms with Crippen molar-refractivity contribution in [2.45, 2.75) is 18.4 Å². The zero-order chi connectivity index (χ0) is 20.8. The Hall–Kier alpha value is -3.43. The number of hydrogen-bond donors (Lipinski definition) is 2.